The van der Waals surface area contributed by atoms with E-state index in [1.807, 2.05) is 0 Å². The largest absolute Gasteiger partial charge is 0.455 e. The number of hydrogen-bond acceptors (Lipinski definition) is 10. The molecule has 10 heteroatoms. The first-order valence-electron chi connectivity index (χ1n) is 12.9. The standard InChI is InChI=1S/C29H32O10/c1-14-17(31)12-29(36)24(38-25(35)16-9-7-6-8-10-16)22-27(5,23(34)21(33)20(14)26(29,3)4)18(32)11-19-28(22,13-37-19)39-15(2)30/h6-10,18-19,22,24,32,36H,11-13H2,1-5H3/t18-,19-,22+,24+,27-,28+,29-/m1/s1. The highest BCUT2D eigenvalue weighted by Crippen LogP contribution is 2.63. The average molecular weight is 541 g/mol. The van der Waals surface area contributed by atoms with Crippen LogP contribution >= 0.6 is 0 Å². The molecule has 208 valence electrons. The predicted molar refractivity (Wildman–Crippen MR) is 133 cm³/mol. The van der Waals surface area contributed by atoms with Gasteiger partial charge in [0.1, 0.15) is 17.8 Å². The van der Waals surface area contributed by atoms with Crippen molar-refractivity contribution in [2.75, 3.05) is 6.61 Å². The Labute approximate surface area is 225 Å². The van der Waals surface area contributed by atoms with E-state index in [0.717, 1.165) is 0 Å². The number of Topliss-reactive ketones (excluding diaryl/α,β-unsaturated/α-hetero) is 3. The molecule has 0 aromatic heterocycles. The normalized spacial score (nSPS) is 39.0. The van der Waals surface area contributed by atoms with Crippen molar-refractivity contribution in [3.8, 4) is 0 Å². The lowest BCUT2D eigenvalue weighted by Gasteiger charge is -2.66. The van der Waals surface area contributed by atoms with E-state index >= 15 is 0 Å². The quantitative estimate of drug-likeness (QED) is 0.426. The van der Waals surface area contributed by atoms with Crippen molar-refractivity contribution in [3.05, 3.63) is 47.0 Å². The number of aliphatic hydroxyl groups excluding tert-OH is 1. The lowest BCUT2D eigenvalue weighted by Crippen LogP contribution is -2.81. The second-order valence-corrected chi connectivity index (χ2v) is 11.9. The van der Waals surface area contributed by atoms with Gasteiger partial charge < -0.3 is 24.4 Å². The maximum absolute atomic E-state index is 14.2. The summed E-state index contributed by atoms with van der Waals surface area (Å²) in [6.45, 7) is 6.76. The van der Waals surface area contributed by atoms with Crippen molar-refractivity contribution in [1.82, 2.24) is 0 Å². The Morgan fingerprint density at radius 3 is 2.28 bits per heavy atom. The maximum Gasteiger partial charge on any atom is 0.338 e. The molecule has 5 rings (SSSR count). The molecule has 1 heterocycles. The minimum absolute atomic E-state index is 0.0306. The number of fused-ring (bicyclic) bond motifs is 5. The van der Waals surface area contributed by atoms with E-state index in [1.54, 1.807) is 18.2 Å². The van der Waals surface area contributed by atoms with Crippen LogP contribution in [0.4, 0.5) is 0 Å². The number of esters is 2. The van der Waals surface area contributed by atoms with Gasteiger partial charge in [-0.25, -0.2) is 4.79 Å². The van der Waals surface area contributed by atoms with Crippen molar-refractivity contribution in [1.29, 1.82) is 0 Å². The van der Waals surface area contributed by atoms with Gasteiger partial charge in [0, 0.05) is 30.8 Å². The van der Waals surface area contributed by atoms with Gasteiger partial charge in [0.2, 0.25) is 11.6 Å². The molecule has 2 bridgehead atoms. The van der Waals surface area contributed by atoms with Crippen LogP contribution in [0.25, 0.3) is 0 Å². The number of hydrogen-bond donors (Lipinski definition) is 2. The van der Waals surface area contributed by atoms with E-state index in [1.165, 1.54) is 46.8 Å². The summed E-state index contributed by atoms with van der Waals surface area (Å²) in [5.41, 5.74) is -7.39. The Balaban J connectivity index is 1.83. The summed E-state index contributed by atoms with van der Waals surface area (Å²) < 4.78 is 17.6. The summed E-state index contributed by atoms with van der Waals surface area (Å²) in [7, 11) is 0. The summed E-state index contributed by atoms with van der Waals surface area (Å²) in [6.07, 6.45) is -4.73. The van der Waals surface area contributed by atoms with E-state index in [2.05, 4.69) is 0 Å². The number of aliphatic hydroxyl groups is 2. The van der Waals surface area contributed by atoms with Gasteiger partial charge >= 0.3 is 11.9 Å². The fourth-order valence-corrected chi connectivity index (χ4v) is 7.27. The third-order valence-electron chi connectivity index (χ3n) is 9.56. The van der Waals surface area contributed by atoms with Gasteiger partial charge in [0.25, 0.3) is 0 Å². The van der Waals surface area contributed by atoms with Crippen LogP contribution in [-0.2, 0) is 33.4 Å². The smallest absolute Gasteiger partial charge is 0.338 e. The van der Waals surface area contributed by atoms with Crippen molar-refractivity contribution >= 4 is 29.3 Å². The summed E-state index contributed by atoms with van der Waals surface area (Å²) in [6, 6.07) is 7.95. The fraction of sp³-hybridized carbons (Fsp3) is 0.552. The number of carbonyl (C=O) groups excluding carboxylic acids is 5. The first-order chi connectivity index (χ1) is 18.1. The van der Waals surface area contributed by atoms with Gasteiger partial charge in [-0.2, -0.15) is 0 Å². The number of carbonyl (C=O) groups is 5. The van der Waals surface area contributed by atoms with Crippen LogP contribution in [0.5, 0.6) is 0 Å². The van der Waals surface area contributed by atoms with Gasteiger partial charge in [-0.3, -0.25) is 19.2 Å². The zero-order valence-electron chi connectivity index (χ0n) is 22.5. The molecule has 2 N–H and O–H groups in total. The molecule has 1 aromatic carbocycles. The second-order valence-electron chi connectivity index (χ2n) is 11.9. The van der Waals surface area contributed by atoms with Crippen LogP contribution in [0.15, 0.2) is 41.5 Å². The minimum Gasteiger partial charge on any atom is -0.455 e. The molecule has 39 heavy (non-hydrogen) atoms. The predicted octanol–water partition coefficient (Wildman–Crippen LogP) is 1.50. The Kier molecular flexibility index (Phi) is 6.06. The fourth-order valence-electron chi connectivity index (χ4n) is 7.27. The monoisotopic (exact) mass is 540 g/mol. The lowest BCUT2D eigenvalue weighted by atomic mass is 9.45. The molecule has 0 radical (unpaired) electrons. The van der Waals surface area contributed by atoms with E-state index in [4.69, 9.17) is 14.2 Å². The zero-order valence-corrected chi connectivity index (χ0v) is 22.5. The first kappa shape index (κ1) is 27.4. The molecule has 1 saturated heterocycles. The molecule has 3 aliphatic carbocycles. The summed E-state index contributed by atoms with van der Waals surface area (Å²) in [5, 5.41) is 23.9. The molecule has 1 aliphatic heterocycles. The Morgan fingerprint density at radius 1 is 1.08 bits per heavy atom. The van der Waals surface area contributed by atoms with Gasteiger partial charge in [0.15, 0.2) is 11.4 Å². The number of allylic oxidation sites excluding steroid dienone is 1. The molecule has 0 amide bonds. The molecule has 10 nitrogen and oxygen atoms in total. The number of ether oxygens (including phenoxy) is 3. The van der Waals surface area contributed by atoms with Crippen LogP contribution in [0.3, 0.4) is 0 Å². The third kappa shape index (κ3) is 3.47. The Hall–Kier alpha value is -3.21. The zero-order chi connectivity index (χ0) is 28.7. The lowest BCUT2D eigenvalue weighted by molar-refractivity contribution is -0.342. The topological polar surface area (TPSA) is 154 Å². The minimum atomic E-state index is -2.23. The molecular formula is C29H32O10. The van der Waals surface area contributed by atoms with Gasteiger partial charge in [-0.05, 0) is 31.6 Å². The highest BCUT2D eigenvalue weighted by atomic mass is 16.6. The van der Waals surface area contributed by atoms with Crippen LogP contribution in [0.1, 0.15) is 57.8 Å². The van der Waals surface area contributed by atoms with Crippen LogP contribution < -0.4 is 0 Å². The average Bonchev–Trinajstić information content (AvgIpc) is 2.87. The van der Waals surface area contributed by atoms with E-state index in [0.29, 0.717) is 0 Å². The van der Waals surface area contributed by atoms with Crippen molar-refractivity contribution in [3.63, 3.8) is 0 Å². The van der Waals surface area contributed by atoms with E-state index in [-0.39, 0.29) is 29.7 Å². The highest BCUT2D eigenvalue weighted by molar-refractivity contribution is 6.46. The highest BCUT2D eigenvalue weighted by Gasteiger charge is 2.78. The summed E-state index contributed by atoms with van der Waals surface area (Å²) in [4.78, 5) is 67.2. The molecule has 0 spiro atoms. The van der Waals surface area contributed by atoms with E-state index in [9.17, 15) is 34.2 Å². The molecule has 3 fully saturated rings. The van der Waals surface area contributed by atoms with Crippen molar-refractivity contribution in [2.45, 2.75) is 77.0 Å². The molecular weight excluding hydrogens is 508 g/mol. The molecule has 4 aliphatic rings. The van der Waals surface area contributed by atoms with Crippen molar-refractivity contribution < 1.29 is 48.4 Å². The number of ketones is 3. The van der Waals surface area contributed by atoms with Gasteiger partial charge in [-0.15, -0.1) is 0 Å². The molecule has 1 aromatic rings. The van der Waals surface area contributed by atoms with Crippen LogP contribution in [0.2, 0.25) is 0 Å². The van der Waals surface area contributed by atoms with Crippen LogP contribution in [-0.4, -0.2) is 75.6 Å². The Morgan fingerprint density at radius 2 is 1.72 bits per heavy atom. The van der Waals surface area contributed by atoms with Crippen LogP contribution in [0, 0.1) is 16.7 Å². The Bertz CT molecular complexity index is 1330. The molecule has 7 atom stereocenters. The summed E-state index contributed by atoms with van der Waals surface area (Å²) in [5.74, 6) is -5.63. The number of rotatable bonds is 3. The van der Waals surface area contributed by atoms with Gasteiger partial charge in [-0.1, -0.05) is 32.0 Å². The third-order valence-corrected chi connectivity index (χ3v) is 9.56. The van der Waals surface area contributed by atoms with E-state index < -0.39 is 82.0 Å². The molecule has 2 saturated carbocycles. The van der Waals surface area contributed by atoms with Crippen molar-refractivity contribution in [2.24, 2.45) is 16.7 Å². The maximum atomic E-state index is 14.2. The SMILES string of the molecule is CC(=O)O[C@@]12CO[C@@H]1C[C@@H](O)[C@@]1(C)C(=O)C(=O)C3=C(C)C(=O)C[C@@](O)([C@@H](OC(=O)c4ccccc4)[C@H]21)C3(C)C. The molecule has 0 unspecified atom stereocenters. The first-order valence-corrected chi connectivity index (χ1v) is 12.9. The summed E-state index contributed by atoms with van der Waals surface area (Å²) >= 11 is 0. The van der Waals surface area contributed by atoms with Gasteiger partial charge in [0.05, 0.1) is 29.6 Å². The number of benzene rings is 1. The second kappa shape index (κ2) is 8.64.